The van der Waals surface area contributed by atoms with Crippen molar-refractivity contribution >= 4 is 5.97 Å². The lowest BCUT2D eigenvalue weighted by atomic mass is 9.84. The number of hydrogen-bond acceptors (Lipinski definition) is 3. The van der Waals surface area contributed by atoms with Crippen LogP contribution < -0.4 is 0 Å². The SMILES string of the molecule is CC(CC(=O)O)C1CCCN(Cc2ccccc2O)C1. The fourth-order valence-electron chi connectivity index (χ4n) is 3.03. The number of aliphatic carboxylic acids is 1. The van der Waals surface area contributed by atoms with Crippen LogP contribution in [0.1, 0.15) is 31.7 Å². The number of hydrogen-bond donors (Lipinski definition) is 2. The molecule has 0 aromatic heterocycles. The van der Waals surface area contributed by atoms with Gasteiger partial charge in [0.25, 0.3) is 0 Å². The van der Waals surface area contributed by atoms with Crippen LogP contribution in [-0.2, 0) is 11.3 Å². The van der Waals surface area contributed by atoms with E-state index >= 15 is 0 Å². The molecular formula is C16H23NO3. The Kier molecular flexibility index (Phi) is 5.01. The highest BCUT2D eigenvalue weighted by Crippen LogP contribution is 2.28. The van der Waals surface area contributed by atoms with Crippen molar-refractivity contribution in [1.29, 1.82) is 0 Å². The van der Waals surface area contributed by atoms with Gasteiger partial charge in [-0.15, -0.1) is 0 Å². The number of carboxylic acids is 1. The molecule has 1 aliphatic rings. The number of carbonyl (C=O) groups is 1. The molecule has 0 radical (unpaired) electrons. The van der Waals surface area contributed by atoms with E-state index in [1.165, 1.54) is 0 Å². The molecule has 1 heterocycles. The molecule has 1 aromatic rings. The number of benzene rings is 1. The van der Waals surface area contributed by atoms with Gasteiger partial charge >= 0.3 is 5.97 Å². The quantitative estimate of drug-likeness (QED) is 0.868. The number of carboxylic acid groups (broad SMARTS) is 1. The molecular weight excluding hydrogens is 254 g/mol. The molecule has 110 valence electrons. The molecule has 1 saturated heterocycles. The number of likely N-dealkylation sites (tertiary alicyclic amines) is 1. The van der Waals surface area contributed by atoms with E-state index in [0.29, 0.717) is 11.7 Å². The van der Waals surface area contributed by atoms with Crippen LogP contribution in [0, 0.1) is 11.8 Å². The Hall–Kier alpha value is -1.55. The summed E-state index contributed by atoms with van der Waals surface area (Å²) in [6, 6.07) is 7.42. The molecule has 0 bridgehead atoms. The van der Waals surface area contributed by atoms with Gasteiger partial charge in [-0.05, 0) is 37.3 Å². The molecule has 1 fully saturated rings. The third-order valence-corrected chi connectivity index (χ3v) is 4.23. The third-order valence-electron chi connectivity index (χ3n) is 4.23. The van der Waals surface area contributed by atoms with Gasteiger partial charge in [0.2, 0.25) is 0 Å². The third kappa shape index (κ3) is 3.97. The van der Waals surface area contributed by atoms with Crippen molar-refractivity contribution in [2.75, 3.05) is 13.1 Å². The van der Waals surface area contributed by atoms with E-state index in [9.17, 15) is 9.90 Å². The predicted molar refractivity (Wildman–Crippen MR) is 77.5 cm³/mol. The van der Waals surface area contributed by atoms with Crippen LogP contribution in [0.2, 0.25) is 0 Å². The van der Waals surface area contributed by atoms with Crippen LogP contribution in [0.5, 0.6) is 5.75 Å². The molecule has 0 amide bonds. The van der Waals surface area contributed by atoms with Crippen LogP contribution in [-0.4, -0.2) is 34.2 Å². The summed E-state index contributed by atoms with van der Waals surface area (Å²) in [5.74, 6) is 0.272. The monoisotopic (exact) mass is 277 g/mol. The second kappa shape index (κ2) is 6.75. The lowest BCUT2D eigenvalue weighted by Gasteiger charge is -2.35. The van der Waals surface area contributed by atoms with Crippen LogP contribution in [0.3, 0.4) is 0 Å². The standard InChI is InChI=1S/C16H23NO3/c1-12(9-16(19)20)13-6-4-8-17(10-13)11-14-5-2-3-7-15(14)18/h2-3,5,7,12-13,18H,4,6,8-11H2,1H3,(H,19,20). The fraction of sp³-hybridized carbons (Fsp3) is 0.562. The van der Waals surface area contributed by atoms with E-state index in [2.05, 4.69) is 4.90 Å². The molecule has 1 aliphatic heterocycles. The molecule has 4 nitrogen and oxygen atoms in total. The van der Waals surface area contributed by atoms with Crippen LogP contribution in [0.15, 0.2) is 24.3 Å². The van der Waals surface area contributed by atoms with Crippen molar-refractivity contribution in [3.05, 3.63) is 29.8 Å². The largest absolute Gasteiger partial charge is 0.508 e. The van der Waals surface area contributed by atoms with Gasteiger partial charge in [-0.2, -0.15) is 0 Å². The lowest BCUT2D eigenvalue weighted by molar-refractivity contribution is -0.138. The number of phenols is 1. The van der Waals surface area contributed by atoms with Crippen molar-refractivity contribution in [2.45, 2.75) is 32.7 Å². The second-order valence-corrected chi connectivity index (χ2v) is 5.84. The van der Waals surface area contributed by atoms with Gasteiger partial charge in [-0.1, -0.05) is 25.1 Å². The van der Waals surface area contributed by atoms with Gasteiger partial charge in [-0.25, -0.2) is 0 Å². The predicted octanol–water partition coefficient (Wildman–Crippen LogP) is 2.72. The summed E-state index contributed by atoms with van der Waals surface area (Å²) in [4.78, 5) is 13.1. The Bertz CT molecular complexity index is 461. The van der Waals surface area contributed by atoms with Gasteiger partial charge in [0, 0.05) is 25.1 Å². The Morgan fingerprint density at radius 3 is 2.90 bits per heavy atom. The van der Waals surface area contributed by atoms with Crippen molar-refractivity contribution in [2.24, 2.45) is 11.8 Å². The molecule has 4 heteroatoms. The highest BCUT2D eigenvalue weighted by atomic mass is 16.4. The number of rotatable bonds is 5. The minimum Gasteiger partial charge on any atom is -0.508 e. The van der Waals surface area contributed by atoms with Crippen LogP contribution >= 0.6 is 0 Å². The summed E-state index contributed by atoms with van der Waals surface area (Å²) < 4.78 is 0. The Labute approximate surface area is 120 Å². The maximum absolute atomic E-state index is 10.8. The molecule has 2 N–H and O–H groups in total. The van der Waals surface area contributed by atoms with E-state index in [1.54, 1.807) is 6.07 Å². The highest BCUT2D eigenvalue weighted by Gasteiger charge is 2.26. The molecule has 2 unspecified atom stereocenters. The molecule has 0 saturated carbocycles. The number of para-hydroxylation sites is 1. The van der Waals surface area contributed by atoms with Crippen molar-refractivity contribution in [1.82, 2.24) is 4.90 Å². The molecule has 0 aliphatic carbocycles. The average Bonchev–Trinajstić information content (AvgIpc) is 2.41. The van der Waals surface area contributed by atoms with E-state index in [-0.39, 0.29) is 12.3 Å². The van der Waals surface area contributed by atoms with E-state index in [1.807, 2.05) is 25.1 Å². The van der Waals surface area contributed by atoms with E-state index < -0.39 is 5.97 Å². The van der Waals surface area contributed by atoms with Gasteiger partial charge in [0.1, 0.15) is 5.75 Å². The summed E-state index contributed by atoms with van der Waals surface area (Å²) in [5, 5.41) is 18.7. The second-order valence-electron chi connectivity index (χ2n) is 5.84. The molecule has 20 heavy (non-hydrogen) atoms. The van der Waals surface area contributed by atoms with Gasteiger partial charge < -0.3 is 10.2 Å². The molecule has 2 rings (SSSR count). The molecule has 2 atom stereocenters. The number of piperidine rings is 1. The van der Waals surface area contributed by atoms with Gasteiger partial charge in [0.05, 0.1) is 0 Å². The molecule has 0 spiro atoms. The first-order valence-electron chi connectivity index (χ1n) is 7.27. The fourth-order valence-corrected chi connectivity index (χ4v) is 3.03. The minimum atomic E-state index is -0.713. The Balaban J connectivity index is 1.93. The number of phenolic OH excluding ortho intramolecular Hbond substituents is 1. The first kappa shape index (κ1) is 14.9. The Morgan fingerprint density at radius 2 is 2.20 bits per heavy atom. The maximum Gasteiger partial charge on any atom is 0.303 e. The smallest absolute Gasteiger partial charge is 0.303 e. The van der Waals surface area contributed by atoms with Crippen LogP contribution in [0.25, 0.3) is 0 Å². The summed E-state index contributed by atoms with van der Waals surface area (Å²) in [6.07, 6.45) is 2.45. The van der Waals surface area contributed by atoms with Gasteiger partial charge in [0.15, 0.2) is 0 Å². The summed E-state index contributed by atoms with van der Waals surface area (Å²) in [6.45, 7) is 4.71. The van der Waals surface area contributed by atoms with Crippen molar-refractivity contribution < 1.29 is 15.0 Å². The normalized spacial score (nSPS) is 21.6. The first-order valence-corrected chi connectivity index (χ1v) is 7.27. The average molecular weight is 277 g/mol. The van der Waals surface area contributed by atoms with E-state index in [0.717, 1.165) is 38.0 Å². The summed E-state index contributed by atoms with van der Waals surface area (Å²) >= 11 is 0. The zero-order valence-electron chi connectivity index (χ0n) is 12.0. The summed E-state index contributed by atoms with van der Waals surface area (Å²) in [5.41, 5.74) is 0.944. The maximum atomic E-state index is 10.8. The van der Waals surface area contributed by atoms with Crippen molar-refractivity contribution in [3.63, 3.8) is 0 Å². The van der Waals surface area contributed by atoms with E-state index in [4.69, 9.17) is 5.11 Å². The van der Waals surface area contributed by atoms with Crippen molar-refractivity contribution in [3.8, 4) is 5.75 Å². The van der Waals surface area contributed by atoms with Gasteiger partial charge in [-0.3, -0.25) is 9.69 Å². The zero-order valence-corrected chi connectivity index (χ0v) is 12.0. The topological polar surface area (TPSA) is 60.8 Å². The lowest BCUT2D eigenvalue weighted by Crippen LogP contribution is -2.37. The minimum absolute atomic E-state index is 0.208. The van der Waals surface area contributed by atoms with Crippen LogP contribution in [0.4, 0.5) is 0 Å². The zero-order chi connectivity index (χ0) is 14.5. The number of aromatic hydroxyl groups is 1. The highest BCUT2D eigenvalue weighted by molar-refractivity contribution is 5.67. The number of nitrogens with zero attached hydrogens (tertiary/aromatic N) is 1. The summed E-state index contributed by atoms with van der Waals surface area (Å²) in [7, 11) is 0. The first-order chi connectivity index (χ1) is 9.56. The molecule has 1 aromatic carbocycles. The Morgan fingerprint density at radius 1 is 1.45 bits per heavy atom.